The van der Waals surface area contributed by atoms with Crippen molar-refractivity contribution in [2.24, 2.45) is 5.92 Å². The predicted octanol–water partition coefficient (Wildman–Crippen LogP) is 2.81. The van der Waals surface area contributed by atoms with Crippen LogP contribution in [-0.2, 0) is 6.54 Å². The topological polar surface area (TPSA) is 29.9 Å². The largest absolute Gasteiger partial charge is 0.356 e. The van der Waals surface area contributed by atoms with E-state index in [2.05, 4.69) is 34.9 Å². The highest BCUT2D eigenvalue weighted by Crippen LogP contribution is 2.33. The number of aryl methyl sites for hydroxylation is 2. The van der Waals surface area contributed by atoms with Crippen molar-refractivity contribution in [1.29, 1.82) is 0 Å². The zero-order valence-corrected chi connectivity index (χ0v) is 9.79. The van der Waals surface area contributed by atoms with Gasteiger partial charge in [-0.25, -0.2) is 4.98 Å². The lowest BCUT2D eigenvalue weighted by molar-refractivity contribution is 0.580. The van der Waals surface area contributed by atoms with Crippen LogP contribution in [-0.4, -0.2) is 16.1 Å². The fraction of sp³-hybridized carbons (Fsp3) is 0.750. The van der Waals surface area contributed by atoms with Crippen molar-refractivity contribution >= 4 is 5.95 Å². The van der Waals surface area contributed by atoms with E-state index in [4.69, 9.17) is 0 Å². The van der Waals surface area contributed by atoms with Crippen LogP contribution in [0.3, 0.4) is 0 Å². The van der Waals surface area contributed by atoms with Gasteiger partial charge in [-0.1, -0.05) is 12.8 Å². The van der Waals surface area contributed by atoms with E-state index in [9.17, 15) is 0 Å². The standard InChI is InChI=1S/C12H21N3/c1-3-13-12-14-10(2)9-15(12)8-4-5-11-6-7-11/h9,11H,3-8H2,1-2H3,(H,13,14). The van der Waals surface area contributed by atoms with Gasteiger partial charge in [0.15, 0.2) is 0 Å². The molecule has 1 aromatic heterocycles. The molecule has 1 aliphatic rings. The molecule has 1 aromatic rings. The molecule has 0 aliphatic heterocycles. The molecule has 0 unspecified atom stereocenters. The molecule has 0 saturated heterocycles. The van der Waals surface area contributed by atoms with Gasteiger partial charge in [-0.3, -0.25) is 0 Å². The number of rotatable bonds is 6. The quantitative estimate of drug-likeness (QED) is 0.777. The second-order valence-corrected chi connectivity index (χ2v) is 4.52. The highest BCUT2D eigenvalue weighted by Gasteiger charge is 2.20. The summed E-state index contributed by atoms with van der Waals surface area (Å²) in [6, 6.07) is 0. The summed E-state index contributed by atoms with van der Waals surface area (Å²) in [4.78, 5) is 4.47. The first-order chi connectivity index (χ1) is 7.29. The molecule has 0 bridgehead atoms. The Labute approximate surface area is 91.9 Å². The van der Waals surface area contributed by atoms with Gasteiger partial charge in [-0.15, -0.1) is 0 Å². The molecule has 0 radical (unpaired) electrons. The first-order valence-electron chi connectivity index (χ1n) is 6.07. The Morgan fingerprint density at radius 3 is 3.00 bits per heavy atom. The van der Waals surface area contributed by atoms with Crippen molar-refractivity contribution < 1.29 is 0 Å². The van der Waals surface area contributed by atoms with Gasteiger partial charge < -0.3 is 9.88 Å². The molecule has 3 nitrogen and oxygen atoms in total. The number of nitrogens with zero attached hydrogens (tertiary/aromatic N) is 2. The maximum absolute atomic E-state index is 4.47. The van der Waals surface area contributed by atoms with Gasteiger partial charge in [0.2, 0.25) is 5.95 Å². The van der Waals surface area contributed by atoms with E-state index in [1.54, 1.807) is 0 Å². The summed E-state index contributed by atoms with van der Waals surface area (Å²) in [5, 5.41) is 3.30. The second-order valence-electron chi connectivity index (χ2n) is 4.52. The number of hydrogen-bond donors (Lipinski definition) is 1. The molecule has 1 N–H and O–H groups in total. The van der Waals surface area contributed by atoms with Crippen molar-refractivity contribution in [1.82, 2.24) is 9.55 Å². The Balaban J connectivity index is 1.86. The van der Waals surface area contributed by atoms with Crippen molar-refractivity contribution in [3.63, 3.8) is 0 Å². The Bertz CT molecular complexity index is 313. The van der Waals surface area contributed by atoms with E-state index in [0.29, 0.717) is 0 Å². The van der Waals surface area contributed by atoms with E-state index < -0.39 is 0 Å². The first-order valence-corrected chi connectivity index (χ1v) is 6.07. The summed E-state index contributed by atoms with van der Waals surface area (Å²) < 4.78 is 2.25. The number of anilines is 1. The van der Waals surface area contributed by atoms with E-state index in [0.717, 1.165) is 30.6 Å². The highest BCUT2D eigenvalue weighted by molar-refractivity contribution is 5.28. The minimum Gasteiger partial charge on any atom is -0.356 e. The summed E-state index contributed by atoms with van der Waals surface area (Å²) in [5.41, 5.74) is 1.11. The van der Waals surface area contributed by atoms with Gasteiger partial charge in [0.05, 0.1) is 5.69 Å². The zero-order chi connectivity index (χ0) is 10.7. The van der Waals surface area contributed by atoms with Crippen LogP contribution in [0.15, 0.2) is 6.20 Å². The number of aromatic nitrogens is 2. The summed E-state index contributed by atoms with van der Waals surface area (Å²) in [7, 11) is 0. The molecule has 0 atom stereocenters. The van der Waals surface area contributed by atoms with Crippen LogP contribution in [0.4, 0.5) is 5.95 Å². The number of nitrogens with one attached hydrogen (secondary N) is 1. The lowest BCUT2D eigenvalue weighted by atomic mass is 10.2. The Morgan fingerprint density at radius 2 is 2.33 bits per heavy atom. The Kier molecular flexibility index (Phi) is 3.29. The number of imidazole rings is 1. The molecule has 0 amide bonds. The maximum Gasteiger partial charge on any atom is 0.203 e. The van der Waals surface area contributed by atoms with Gasteiger partial charge in [0.25, 0.3) is 0 Å². The lowest BCUT2D eigenvalue weighted by Crippen LogP contribution is -2.06. The molecule has 1 aliphatic carbocycles. The summed E-state index contributed by atoms with van der Waals surface area (Å²) in [5.74, 6) is 2.07. The zero-order valence-electron chi connectivity index (χ0n) is 9.79. The molecule has 3 heteroatoms. The van der Waals surface area contributed by atoms with Gasteiger partial charge >= 0.3 is 0 Å². The van der Waals surface area contributed by atoms with E-state index >= 15 is 0 Å². The van der Waals surface area contributed by atoms with E-state index in [1.165, 1.54) is 25.7 Å². The van der Waals surface area contributed by atoms with Crippen LogP contribution in [0.1, 0.15) is 38.3 Å². The van der Waals surface area contributed by atoms with E-state index in [-0.39, 0.29) is 0 Å². The maximum atomic E-state index is 4.47. The molecule has 1 fully saturated rings. The molecule has 84 valence electrons. The first kappa shape index (κ1) is 10.5. The van der Waals surface area contributed by atoms with Crippen molar-refractivity contribution in [3.8, 4) is 0 Å². The molecule has 0 aromatic carbocycles. The van der Waals surface area contributed by atoms with Crippen LogP contribution in [0.25, 0.3) is 0 Å². The minimum absolute atomic E-state index is 0.944. The van der Waals surface area contributed by atoms with Crippen molar-refractivity contribution in [2.75, 3.05) is 11.9 Å². The monoisotopic (exact) mass is 207 g/mol. The van der Waals surface area contributed by atoms with E-state index in [1.807, 2.05) is 0 Å². The van der Waals surface area contributed by atoms with Crippen LogP contribution >= 0.6 is 0 Å². The highest BCUT2D eigenvalue weighted by atomic mass is 15.2. The summed E-state index contributed by atoms with van der Waals surface area (Å²) >= 11 is 0. The normalized spacial score (nSPS) is 15.6. The SMILES string of the molecule is CCNc1nc(C)cn1CCCC1CC1. The Hall–Kier alpha value is -0.990. The third kappa shape index (κ3) is 2.98. The third-order valence-corrected chi connectivity index (χ3v) is 2.94. The minimum atomic E-state index is 0.944. The number of hydrogen-bond acceptors (Lipinski definition) is 2. The molecule has 15 heavy (non-hydrogen) atoms. The lowest BCUT2D eigenvalue weighted by Gasteiger charge is -2.07. The van der Waals surface area contributed by atoms with Crippen molar-refractivity contribution in [2.45, 2.75) is 46.1 Å². The van der Waals surface area contributed by atoms with Gasteiger partial charge in [-0.2, -0.15) is 0 Å². The summed E-state index contributed by atoms with van der Waals surface area (Å²) in [6.07, 6.45) is 7.75. The van der Waals surface area contributed by atoms with Crippen molar-refractivity contribution in [3.05, 3.63) is 11.9 Å². The average Bonchev–Trinajstić information content (AvgIpc) is 2.94. The summed E-state index contributed by atoms with van der Waals surface area (Å²) in [6.45, 7) is 6.22. The smallest absolute Gasteiger partial charge is 0.203 e. The van der Waals surface area contributed by atoms with Crippen LogP contribution in [0.5, 0.6) is 0 Å². The predicted molar refractivity (Wildman–Crippen MR) is 63.1 cm³/mol. The van der Waals surface area contributed by atoms with Gasteiger partial charge in [0.1, 0.15) is 0 Å². The van der Waals surface area contributed by atoms with Crippen LogP contribution < -0.4 is 5.32 Å². The average molecular weight is 207 g/mol. The molecule has 0 spiro atoms. The fourth-order valence-corrected chi connectivity index (χ4v) is 1.97. The third-order valence-electron chi connectivity index (χ3n) is 2.94. The van der Waals surface area contributed by atoms with Crippen LogP contribution in [0, 0.1) is 12.8 Å². The van der Waals surface area contributed by atoms with Crippen LogP contribution in [0.2, 0.25) is 0 Å². The fourth-order valence-electron chi connectivity index (χ4n) is 1.97. The molecule has 1 saturated carbocycles. The molecule has 2 rings (SSSR count). The molecular formula is C12H21N3. The second kappa shape index (κ2) is 4.69. The van der Waals surface area contributed by atoms with Gasteiger partial charge in [0, 0.05) is 19.3 Å². The Morgan fingerprint density at radius 1 is 1.53 bits per heavy atom. The molecule has 1 heterocycles. The van der Waals surface area contributed by atoms with Gasteiger partial charge in [-0.05, 0) is 32.6 Å². The molecular weight excluding hydrogens is 186 g/mol.